The summed E-state index contributed by atoms with van der Waals surface area (Å²) in [5, 5.41) is 0. The first-order valence-corrected chi connectivity index (χ1v) is 6.30. The van der Waals surface area contributed by atoms with Gasteiger partial charge in [0.2, 0.25) is 5.91 Å². The molecule has 1 aliphatic rings. The largest absolute Gasteiger partial charge is 0.383 e. The third-order valence-corrected chi connectivity index (χ3v) is 3.71. The molecule has 1 fully saturated rings. The van der Waals surface area contributed by atoms with Gasteiger partial charge in [0.25, 0.3) is 0 Å². The molecule has 2 atom stereocenters. The van der Waals surface area contributed by atoms with Gasteiger partial charge < -0.3 is 11.5 Å². The van der Waals surface area contributed by atoms with Gasteiger partial charge in [0.05, 0.1) is 5.92 Å². The second-order valence-corrected chi connectivity index (χ2v) is 5.00. The van der Waals surface area contributed by atoms with Crippen LogP contribution in [0.4, 0.5) is 5.82 Å². The highest BCUT2D eigenvalue weighted by Gasteiger charge is 2.28. The van der Waals surface area contributed by atoms with Crippen molar-refractivity contribution in [3.8, 4) is 0 Å². The third kappa shape index (κ3) is 2.79. The van der Waals surface area contributed by atoms with Crippen LogP contribution in [0.2, 0.25) is 0 Å². The van der Waals surface area contributed by atoms with Gasteiger partial charge in [-0.25, -0.2) is 4.98 Å². The number of primary amides is 1. The number of rotatable bonds is 3. The smallest absolute Gasteiger partial charge is 0.221 e. The minimum absolute atomic E-state index is 0.0425. The van der Waals surface area contributed by atoms with Crippen molar-refractivity contribution in [2.75, 3.05) is 12.3 Å². The number of nitrogen functional groups attached to an aromatic ring is 1. The summed E-state index contributed by atoms with van der Waals surface area (Å²) in [7, 11) is 0. The van der Waals surface area contributed by atoms with Gasteiger partial charge in [0.15, 0.2) is 0 Å². The van der Waals surface area contributed by atoms with Gasteiger partial charge >= 0.3 is 0 Å². The fourth-order valence-electron chi connectivity index (χ4n) is 2.44. The van der Waals surface area contributed by atoms with Crippen LogP contribution >= 0.6 is 0 Å². The van der Waals surface area contributed by atoms with Crippen molar-refractivity contribution in [2.45, 2.75) is 32.4 Å². The molecule has 1 aromatic heterocycles. The lowest BCUT2D eigenvalue weighted by Crippen LogP contribution is -2.45. The van der Waals surface area contributed by atoms with E-state index in [2.05, 4.69) is 16.8 Å². The van der Waals surface area contributed by atoms with Crippen molar-refractivity contribution in [3.63, 3.8) is 0 Å². The van der Waals surface area contributed by atoms with E-state index in [0.717, 1.165) is 24.9 Å². The van der Waals surface area contributed by atoms with E-state index in [9.17, 15) is 4.79 Å². The molecule has 1 saturated heterocycles. The Hall–Kier alpha value is -1.62. The highest BCUT2D eigenvalue weighted by Crippen LogP contribution is 2.24. The van der Waals surface area contributed by atoms with Crippen LogP contribution in [0.1, 0.15) is 25.3 Å². The number of likely N-dealkylation sites (tertiary alicyclic amines) is 1. The topological polar surface area (TPSA) is 85.2 Å². The monoisotopic (exact) mass is 248 g/mol. The highest BCUT2D eigenvalue weighted by molar-refractivity contribution is 5.77. The quantitative estimate of drug-likeness (QED) is 0.826. The van der Waals surface area contributed by atoms with Gasteiger partial charge in [-0.1, -0.05) is 6.07 Å². The van der Waals surface area contributed by atoms with E-state index in [4.69, 9.17) is 11.5 Å². The Morgan fingerprint density at radius 2 is 2.33 bits per heavy atom. The molecular formula is C13H20N4O. The predicted molar refractivity (Wildman–Crippen MR) is 70.4 cm³/mol. The second-order valence-electron chi connectivity index (χ2n) is 5.00. The molecule has 0 saturated carbocycles. The van der Waals surface area contributed by atoms with Crippen LogP contribution in [-0.4, -0.2) is 28.4 Å². The Morgan fingerprint density at radius 3 is 3.00 bits per heavy atom. The molecule has 1 amide bonds. The highest BCUT2D eigenvalue weighted by atomic mass is 16.1. The number of aromatic nitrogens is 1. The SMILES string of the molecule is CC1CCC(C(N)=O)CN1Cc1cccnc1N. The summed E-state index contributed by atoms with van der Waals surface area (Å²) in [6.07, 6.45) is 3.56. The number of nitrogens with two attached hydrogens (primary N) is 2. The Balaban J connectivity index is 2.07. The average Bonchev–Trinajstić information content (AvgIpc) is 2.34. The molecule has 0 radical (unpaired) electrons. The minimum atomic E-state index is -0.203. The second kappa shape index (κ2) is 5.35. The van der Waals surface area contributed by atoms with E-state index in [0.29, 0.717) is 18.4 Å². The Kier molecular flexibility index (Phi) is 3.81. The molecule has 18 heavy (non-hydrogen) atoms. The molecule has 4 N–H and O–H groups in total. The van der Waals surface area contributed by atoms with Crippen molar-refractivity contribution < 1.29 is 4.79 Å². The van der Waals surface area contributed by atoms with E-state index < -0.39 is 0 Å². The molecule has 0 spiro atoms. The van der Waals surface area contributed by atoms with Crippen LogP contribution < -0.4 is 11.5 Å². The summed E-state index contributed by atoms with van der Waals surface area (Å²) in [5.41, 5.74) is 12.3. The van der Waals surface area contributed by atoms with Gasteiger partial charge in [-0.2, -0.15) is 0 Å². The van der Waals surface area contributed by atoms with Crippen LogP contribution in [0.25, 0.3) is 0 Å². The van der Waals surface area contributed by atoms with Crippen LogP contribution in [0.3, 0.4) is 0 Å². The van der Waals surface area contributed by atoms with Crippen LogP contribution in [0, 0.1) is 5.92 Å². The number of anilines is 1. The molecule has 0 bridgehead atoms. The maximum atomic E-state index is 11.3. The Bertz CT molecular complexity index is 435. The van der Waals surface area contributed by atoms with E-state index in [1.54, 1.807) is 6.20 Å². The lowest BCUT2D eigenvalue weighted by Gasteiger charge is -2.36. The molecule has 2 rings (SSSR count). The molecule has 0 aliphatic carbocycles. The number of carbonyl (C=O) groups excluding carboxylic acids is 1. The normalized spacial score (nSPS) is 24.9. The lowest BCUT2D eigenvalue weighted by molar-refractivity contribution is -0.124. The molecule has 2 unspecified atom stereocenters. The fraction of sp³-hybridized carbons (Fsp3) is 0.538. The Morgan fingerprint density at radius 1 is 1.56 bits per heavy atom. The zero-order chi connectivity index (χ0) is 13.1. The first kappa shape index (κ1) is 12.8. The van der Waals surface area contributed by atoms with Gasteiger partial charge in [0.1, 0.15) is 5.82 Å². The molecule has 1 aromatic rings. The minimum Gasteiger partial charge on any atom is -0.383 e. The zero-order valence-electron chi connectivity index (χ0n) is 10.7. The zero-order valence-corrected chi connectivity index (χ0v) is 10.7. The summed E-state index contributed by atoms with van der Waals surface area (Å²) in [6.45, 7) is 3.61. The number of piperidine rings is 1. The van der Waals surface area contributed by atoms with Gasteiger partial charge in [-0.15, -0.1) is 0 Å². The van der Waals surface area contributed by atoms with Crippen LogP contribution in [0.15, 0.2) is 18.3 Å². The number of pyridine rings is 1. The summed E-state index contributed by atoms with van der Waals surface area (Å²) >= 11 is 0. The molecular weight excluding hydrogens is 228 g/mol. The van der Waals surface area contributed by atoms with E-state index in [1.165, 1.54) is 0 Å². The first-order chi connectivity index (χ1) is 8.58. The predicted octanol–water partition coefficient (Wildman–Crippen LogP) is 0.750. The fourth-order valence-corrected chi connectivity index (χ4v) is 2.44. The maximum absolute atomic E-state index is 11.3. The number of nitrogens with zero attached hydrogens (tertiary/aromatic N) is 2. The summed E-state index contributed by atoms with van der Waals surface area (Å²) in [4.78, 5) is 17.6. The van der Waals surface area contributed by atoms with E-state index in [-0.39, 0.29) is 11.8 Å². The molecule has 1 aliphatic heterocycles. The summed E-state index contributed by atoms with van der Waals surface area (Å²) in [5.74, 6) is 0.316. The number of carbonyl (C=O) groups is 1. The number of hydrogen-bond donors (Lipinski definition) is 2. The van der Waals surface area contributed by atoms with Crippen molar-refractivity contribution in [1.82, 2.24) is 9.88 Å². The Labute approximate surface area is 107 Å². The third-order valence-electron chi connectivity index (χ3n) is 3.71. The molecule has 2 heterocycles. The van der Waals surface area contributed by atoms with Crippen molar-refractivity contribution >= 4 is 11.7 Å². The molecule has 0 aromatic carbocycles. The van der Waals surface area contributed by atoms with Crippen molar-refractivity contribution in [1.29, 1.82) is 0 Å². The van der Waals surface area contributed by atoms with Crippen LogP contribution in [-0.2, 0) is 11.3 Å². The summed E-state index contributed by atoms with van der Waals surface area (Å²) in [6, 6.07) is 4.30. The van der Waals surface area contributed by atoms with Crippen LogP contribution in [0.5, 0.6) is 0 Å². The van der Waals surface area contributed by atoms with Gasteiger partial charge in [-0.05, 0) is 25.8 Å². The lowest BCUT2D eigenvalue weighted by atomic mass is 9.92. The average molecular weight is 248 g/mol. The molecule has 5 nitrogen and oxygen atoms in total. The number of amides is 1. The number of hydrogen-bond acceptors (Lipinski definition) is 4. The van der Waals surface area contributed by atoms with E-state index in [1.807, 2.05) is 12.1 Å². The maximum Gasteiger partial charge on any atom is 0.221 e. The first-order valence-electron chi connectivity index (χ1n) is 6.30. The van der Waals surface area contributed by atoms with Gasteiger partial charge in [0, 0.05) is 30.9 Å². The summed E-state index contributed by atoms with van der Waals surface area (Å²) < 4.78 is 0. The van der Waals surface area contributed by atoms with Crippen molar-refractivity contribution in [2.24, 2.45) is 11.7 Å². The van der Waals surface area contributed by atoms with Gasteiger partial charge in [-0.3, -0.25) is 9.69 Å². The standard InChI is InChI=1S/C13H20N4O/c1-9-4-5-11(13(15)18)8-17(9)7-10-3-2-6-16-12(10)14/h2-3,6,9,11H,4-5,7-8H2,1H3,(H2,14,16)(H2,15,18). The van der Waals surface area contributed by atoms with Crippen molar-refractivity contribution in [3.05, 3.63) is 23.9 Å². The molecule has 98 valence electrons. The molecule has 5 heteroatoms. The van der Waals surface area contributed by atoms with E-state index >= 15 is 0 Å².